The van der Waals surface area contributed by atoms with E-state index in [4.69, 9.17) is 16.3 Å². The van der Waals surface area contributed by atoms with Crippen LogP contribution in [0.15, 0.2) is 30.9 Å². The van der Waals surface area contributed by atoms with Gasteiger partial charge >= 0.3 is 0 Å². The van der Waals surface area contributed by atoms with E-state index < -0.39 is 0 Å². The number of halogens is 1. The normalized spacial score (nSPS) is 19.1. The fourth-order valence-electron chi connectivity index (χ4n) is 2.57. The lowest BCUT2D eigenvalue weighted by molar-refractivity contribution is 0.0922. The molecular weight excluding hydrogens is 304 g/mol. The Morgan fingerprint density at radius 1 is 1.55 bits per heavy atom. The van der Waals surface area contributed by atoms with Crippen molar-refractivity contribution < 1.29 is 9.53 Å². The molecule has 2 aromatic rings. The highest BCUT2D eigenvalue weighted by Crippen LogP contribution is 2.21. The van der Waals surface area contributed by atoms with Crippen molar-refractivity contribution in [3.05, 3.63) is 41.4 Å². The van der Waals surface area contributed by atoms with Crippen LogP contribution in [0.4, 0.5) is 0 Å². The summed E-state index contributed by atoms with van der Waals surface area (Å²) >= 11 is 6.04. The summed E-state index contributed by atoms with van der Waals surface area (Å²) < 4.78 is 6.92. The van der Waals surface area contributed by atoms with Gasteiger partial charge < -0.3 is 10.1 Å². The standard InChI is InChI=1S/C15H17ClN4O2/c1-10(11-4-5-22-7-11)19-15(21)13-6-12(16)2-3-14(13)20-9-17-8-18-20/h2-3,6,8-11H,4-5,7H2,1H3,(H,19,21). The van der Waals surface area contributed by atoms with Crippen LogP contribution in [0.2, 0.25) is 5.02 Å². The van der Waals surface area contributed by atoms with Crippen LogP contribution in [0, 0.1) is 5.92 Å². The Morgan fingerprint density at radius 2 is 2.41 bits per heavy atom. The molecule has 22 heavy (non-hydrogen) atoms. The average Bonchev–Trinajstić information content (AvgIpc) is 3.20. The van der Waals surface area contributed by atoms with Crippen LogP contribution in [-0.4, -0.2) is 39.9 Å². The van der Waals surface area contributed by atoms with Crippen LogP contribution >= 0.6 is 11.6 Å². The first-order chi connectivity index (χ1) is 10.6. The number of rotatable bonds is 4. The maximum atomic E-state index is 12.6. The molecule has 2 atom stereocenters. The predicted molar refractivity (Wildman–Crippen MR) is 82.2 cm³/mol. The summed E-state index contributed by atoms with van der Waals surface area (Å²) in [5.41, 5.74) is 1.12. The zero-order chi connectivity index (χ0) is 15.5. The monoisotopic (exact) mass is 320 g/mol. The second kappa shape index (κ2) is 6.46. The highest BCUT2D eigenvalue weighted by atomic mass is 35.5. The molecule has 1 aliphatic rings. The Balaban J connectivity index is 1.83. The lowest BCUT2D eigenvalue weighted by atomic mass is 10.00. The van der Waals surface area contributed by atoms with Crippen LogP contribution in [0.5, 0.6) is 0 Å². The summed E-state index contributed by atoms with van der Waals surface area (Å²) in [5.74, 6) is 0.172. The van der Waals surface area contributed by atoms with Crippen LogP contribution in [0.1, 0.15) is 23.7 Å². The van der Waals surface area contributed by atoms with Gasteiger partial charge in [-0.2, -0.15) is 5.10 Å². The fraction of sp³-hybridized carbons (Fsp3) is 0.400. The number of ether oxygens (including phenoxy) is 1. The number of nitrogens with zero attached hydrogens (tertiary/aromatic N) is 3. The maximum Gasteiger partial charge on any atom is 0.253 e. The molecule has 1 aliphatic heterocycles. The molecule has 0 bridgehead atoms. The number of aromatic nitrogens is 3. The van der Waals surface area contributed by atoms with E-state index in [0.717, 1.165) is 13.0 Å². The number of carbonyl (C=O) groups is 1. The molecule has 116 valence electrons. The van der Waals surface area contributed by atoms with Gasteiger partial charge in [-0.1, -0.05) is 11.6 Å². The average molecular weight is 321 g/mol. The molecule has 0 saturated carbocycles. The van der Waals surface area contributed by atoms with Gasteiger partial charge in [-0.05, 0) is 31.5 Å². The molecule has 0 radical (unpaired) electrons. The van der Waals surface area contributed by atoms with Crippen LogP contribution < -0.4 is 5.32 Å². The van der Waals surface area contributed by atoms with Crippen LogP contribution in [-0.2, 0) is 4.74 Å². The lowest BCUT2D eigenvalue weighted by Crippen LogP contribution is -2.38. The SMILES string of the molecule is CC(NC(=O)c1cc(Cl)ccc1-n1cncn1)C1CCOC1. The van der Waals surface area contributed by atoms with E-state index in [-0.39, 0.29) is 11.9 Å². The minimum atomic E-state index is -0.174. The summed E-state index contributed by atoms with van der Waals surface area (Å²) in [6.45, 7) is 3.44. The number of benzene rings is 1. The van der Waals surface area contributed by atoms with Crippen molar-refractivity contribution >= 4 is 17.5 Å². The third kappa shape index (κ3) is 3.13. The molecule has 1 N–H and O–H groups in total. The van der Waals surface area contributed by atoms with Gasteiger partial charge in [-0.15, -0.1) is 0 Å². The van der Waals surface area contributed by atoms with Crippen molar-refractivity contribution in [3.63, 3.8) is 0 Å². The van der Waals surface area contributed by atoms with Gasteiger partial charge in [0, 0.05) is 23.6 Å². The van der Waals surface area contributed by atoms with Crippen molar-refractivity contribution in [1.29, 1.82) is 0 Å². The number of carbonyl (C=O) groups excluding carboxylic acids is 1. The molecule has 6 nitrogen and oxygen atoms in total. The highest BCUT2D eigenvalue weighted by Gasteiger charge is 2.25. The van der Waals surface area contributed by atoms with Gasteiger partial charge in [0.15, 0.2) is 0 Å². The van der Waals surface area contributed by atoms with Gasteiger partial charge in [-0.25, -0.2) is 9.67 Å². The summed E-state index contributed by atoms with van der Waals surface area (Å²) in [5, 5.41) is 7.61. The highest BCUT2D eigenvalue weighted by molar-refractivity contribution is 6.31. The molecule has 1 aromatic carbocycles. The van der Waals surface area contributed by atoms with Gasteiger partial charge in [-0.3, -0.25) is 4.79 Å². The smallest absolute Gasteiger partial charge is 0.253 e. The topological polar surface area (TPSA) is 69.0 Å². The Morgan fingerprint density at radius 3 is 3.09 bits per heavy atom. The number of amides is 1. The Bertz CT molecular complexity index is 654. The van der Waals surface area contributed by atoms with Crippen molar-refractivity contribution in [3.8, 4) is 5.69 Å². The molecule has 0 aliphatic carbocycles. The first-order valence-corrected chi connectivity index (χ1v) is 7.56. The first kappa shape index (κ1) is 15.0. The quantitative estimate of drug-likeness (QED) is 0.936. The summed E-state index contributed by atoms with van der Waals surface area (Å²) in [7, 11) is 0. The molecule has 1 amide bonds. The van der Waals surface area contributed by atoms with Crippen molar-refractivity contribution in [2.45, 2.75) is 19.4 Å². The third-order valence-corrected chi connectivity index (χ3v) is 4.13. The van der Waals surface area contributed by atoms with Gasteiger partial charge in [0.2, 0.25) is 0 Å². The molecule has 0 spiro atoms. The van der Waals surface area contributed by atoms with E-state index in [2.05, 4.69) is 15.4 Å². The van der Waals surface area contributed by atoms with E-state index >= 15 is 0 Å². The van der Waals surface area contributed by atoms with E-state index in [0.29, 0.717) is 28.8 Å². The third-order valence-electron chi connectivity index (χ3n) is 3.90. The van der Waals surface area contributed by atoms with Crippen molar-refractivity contribution in [2.75, 3.05) is 13.2 Å². The zero-order valence-corrected chi connectivity index (χ0v) is 13.0. The van der Waals surface area contributed by atoms with Crippen LogP contribution in [0.3, 0.4) is 0 Å². The van der Waals surface area contributed by atoms with Gasteiger partial charge in [0.25, 0.3) is 5.91 Å². The molecule has 1 saturated heterocycles. The second-order valence-electron chi connectivity index (χ2n) is 5.39. The number of hydrogen-bond donors (Lipinski definition) is 1. The summed E-state index contributed by atoms with van der Waals surface area (Å²) in [6, 6.07) is 5.17. The molecular formula is C15H17ClN4O2. The van der Waals surface area contributed by atoms with E-state index in [9.17, 15) is 4.79 Å². The van der Waals surface area contributed by atoms with Crippen molar-refractivity contribution in [1.82, 2.24) is 20.1 Å². The molecule has 2 heterocycles. The molecule has 1 fully saturated rings. The van der Waals surface area contributed by atoms with E-state index in [1.54, 1.807) is 29.2 Å². The summed E-state index contributed by atoms with van der Waals surface area (Å²) in [6.07, 6.45) is 3.94. The Kier molecular flexibility index (Phi) is 4.40. The molecule has 1 aromatic heterocycles. The summed E-state index contributed by atoms with van der Waals surface area (Å²) in [4.78, 5) is 16.5. The molecule has 3 rings (SSSR count). The van der Waals surface area contributed by atoms with E-state index in [1.165, 1.54) is 6.33 Å². The predicted octanol–water partition coefficient (Wildman–Crippen LogP) is 2.08. The fourth-order valence-corrected chi connectivity index (χ4v) is 2.74. The van der Waals surface area contributed by atoms with Gasteiger partial charge in [0.05, 0.1) is 17.9 Å². The lowest BCUT2D eigenvalue weighted by Gasteiger charge is -2.20. The number of hydrogen-bond acceptors (Lipinski definition) is 4. The Labute approximate surface area is 133 Å². The zero-order valence-electron chi connectivity index (χ0n) is 12.2. The molecule has 2 unspecified atom stereocenters. The minimum absolute atomic E-state index is 0.0394. The number of nitrogens with one attached hydrogen (secondary N) is 1. The first-order valence-electron chi connectivity index (χ1n) is 7.18. The maximum absolute atomic E-state index is 12.6. The van der Waals surface area contributed by atoms with E-state index in [1.807, 2.05) is 6.92 Å². The van der Waals surface area contributed by atoms with Crippen molar-refractivity contribution in [2.24, 2.45) is 5.92 Å². The second-order valence-corrected chi connectivity index (χ2v) is 5.82. The van der Waals surface area contributed by atoms with Crippen LogP contribution in [0.25, 0.3) is 5.69 Å². The van der Waals surface area contributed by atoms with Gasteiger partial charge in [0.1, 0.15) is 12.7 Å². The minimum Gasteiger partial charge on any atom is -0.381 e. The largest absolute Gasteiger partial charge is 0.381 e. The molecule has 7 heteroatoms. The Hall–Kier alpha value is -1.92.